The SMILES string of the molecule is Cc1oc2ccccc2c1Cn1nccc1N. The van der Waals surface area contributed by atoms with Crippen LogP contribution in [0.15, 0.2) is 40.9 Å². The second kappa shape index (κ2) is 3.66. The Balaban J connectivity index is 2.11. The molecular formula is C13H13N3O. The van der Waals surface area contributed by atoms with Crippen molar-refractivity contribution in [2.24, 2.45) is 0 Å². The van der Waals surface area contributed by atoms with Gasteiger partial charge in [0.05, 0.1) is 12.7 Å². The van der Waals surface area contributed by atoms with Gasteiger partial charge in [0.25, 0.3) is 0 Å². The first kappa shape index (κ1) is 9.96. The van der Waals surface area contributed by atoms with Crippen LogP contribution < -0.4 is 5.73 Å². The van der Waals surface area contributed by atoms with Gasteiger partial charge in [-0.1, -0.05) is 18.2 Å². The Hall–Kier alpha value is -2.23. The largest absolute Gasteiger partial charge is 0.461 e. The lowest BCUT2D eigenvalue weighted by Gasteiger charge is -2.03. The van der Waals surface area contributed by atoms with Crippen LogP contribution >= 0.6 is 0 Å². The van der Waals surface area contributed by atoms with E-state index in [4.69, 9.17) is 10.2 Å². The summed E-state index contributed by atoms with van der Waals surface area (Å²) in [6, 6.07) is 9.79. The smallest absolute Gasteiger partial charge is 0.134 e. The van der Waals surface area contributed by atoms with Crippen LogP contribution in [-0.2, 0) is 6.54 Å². The molecule has 17 heavy (non-hydrogen) atoms. The summed E-state index contributed by atoms with van der Waals surface area (Å²) in [4.78, 5) is 0. The number of furan rings is 1. The zero-order valence-electron chi connectivity index (χ0n) is 9.55. The molecule has 4 nitrogen and oxygen atoms in total. The predicted molar refractivity (Wildman–Crippen MR) is 66.7 cm³/mol. The molecule has 0 unspecified atom stereocenters. The van der Waals surface area contributed by atoms with Crippen LogP contribution in [-0.4, -0.2) is 9.78 Å². The molecule has 0 amide bonds. The van der Waals surface area contributed by atoms with Crippen LogP contribution in [0, 0.1) is 6.92 Å². The fourth-order valence-corrected chi connectivity index (χ4v) is 2.04. The molecule has 2 aromatic heterocycles. The van der Waals surface area contributed by atoms with Crippen LogP contribution in [0.4, 0.5) is 5.82 Å². The molecule has 0 aliphatic carbocycles. The van der Waals surface area contributed by atoms with Gasteiger partial charge >= 0.3 is 0 Å². The maximum Gasteiger partial charge on any atom is 0.134 e. The lowest BCUT2D eigenvalue weighted by atomic mass is 10.1. The van der Waals surface area contributed by atoms with E-state index in [1.807, 2.05) is 25.1 Å². The van der Waals surface area contributed by atoms with Crippen molar-refractivity contribution in [3.05, 3.63) is 47.9 Å². The van der Waals surface area contributed by atoms with Gasteiger partial charge in [-0.05, 0) is 19.1 Å². The van der Waals surface area contributed by atoms with E-state index in [1.54, 1.807) is 16.9 Å². The minimum atomic E-state index is 0.641. The number of nitrogen functional groups attached to an aromatic ring is 1. The standard InChI is InChI=1S/C13H13N3O/c1-9-11(8-16-13(14)6-7-15-16)10-4-2-3-5-12(10)17-9/h2-7H,8,14H2,1H3. The van der Waals surface area contributed by atoms with Crippen molar-refractivity contribution < 1.29 is 4.42 Å². The summed E-state index contributed by atoms with van der Waals surface area (Å²) in [6.45, 7) is 2.61. The van der Waals surface area contributed by atoms with Crippen LogP contribution in [0.3, 0.4) is 0 Å². The number of anilines is 1. The Kier molecular flexibility index (Phi) is 2.14. The summed E-state index contributed by atoms with van der Waals surface area (Å²) >= 11 is 0. The third kappa shape index (κ3) is 1.58. The molecule has 0 spiro atoms. The Morgan fingerprint density at radius 3 is 2.88 bits per heavy atom. The molecule has 0 radical (unpaired) electrons. The maximum atomic E-state index is 5.82. The number of fused-ring (bicyclic) bond motifs is 1. The molecule has 3 rings (SSSR count). The highest BCUT2D eigenvalue weighted by Gasteiger charge is 2.11. The van der Waals surface area contributed by atoms with Gasteiger partial charge in [-0.15, -0.1) is 0 Å². The molecular weight excluding hydrogens is 214 g/mol. The molecule has 0 saturated heterocycles. The number of rotatable bonds is 2. The molecule has 0 aliphatic rings. The highest BCUT2D eigenvalue weighted by atomic mass is 16.3. The van der Waals surface area contributed by atoms with Gasteiger partial charge in [-0.2, -0.15) is 5.10 Å². The van der Waals surface area contributed by atoms with Gasteiger partial charge in [0.2, 0.25) is 0 Å². The summed E-state index contributed by atoms with van der Waals surface area (Å²) in [7, 11) is 0. The third-order valence-electron chi connectivity index (χ3n) is 2.96. The number of nitrogens with zero attached hydrogens (tertiary/aromatic N) is 2. The van der Waals surface area contributed by atoms with Gasteiger partial charge in [0.1, 0.15) is 17.2 Å². The number of nitrogens with two attached hydrogens (primary N) is 1. The van der Waals surface area contributed by atoms with E-state index >= 15 is 0 Å². The third-order valence-corrected chi connectivity index (χ3v) is 2.96. The van der Waals surface area contributed by atoms with Crippen LogP contribution in [0.1, 0.15) is 11.3 Å². The molecule has 0 saturated carbocycles. The second-order valence-corrected chi connectivity index (χ2v) is 4.05. The molecule has 4 heteroatoms. The van der Waals surface area contributed by atoms with E-state index in [0.29, 0.717) is 12.4 Å². The zero-order chi connectivity index (χ0) is 11.8. The second-order valence-electron chi connectivity index (χ2n) is 4.05. The normalized spacial score (nSPS) is 11.1. The number of hydrogen-bond donors (Lipinski definition) is 1. The Morgan fingerprint density at radius 2 is 2.12 bits per heavy atom. The van der Waals surface area contributed by atoms with Gasteiger partial charge < -0.3 is 10.2 Å². The van der Waals surface area contributed by atoms with Gasteiger partial charge in [-0.25, -0.2) is 4.68 Å². The van der Waals surface area contributed by atoms with Crippen LogP contribution in [0.5, 0.6) is 0 Å². The predicted octanol–water partition coefficient (Wildman–Crippen LogP) is 2.57. The van der Waals surface area contributed by atoms with E-state index in [9.17, 15) is 0 Å². The molecule has 86 valence electrons. The van der Waals surface area contributed by atoms with E-state index in [0.717, 1.165) is 22.3 Å². The highest BCUT2D eigenvalue weighted by Crippen LogP contribution is 2.26. The van der Waals surface area contributed by atoms with Crippen molar-refractivity contribution >= 4 is 16.8 Å². The van der Waals surface area contributed by atoms with Crippen molar-refractivity contribution in [3.63, 3.8) is 0 Å². The lowest BCUT2D eigenvalue weighted by molar-refractivity contribution is 0.565. The number of aryl methyl sites for hydroxylation is 1. The number of para-hydroxylation sites is 1. The molecule has 2 heterocycles. The minimum absolute atomic E-state index is 0.641. The fraction of sp³-hybridized carbons (Fsp3) is 0.154. The first-order chi connectivity index (χ1) is 8.25. The summed E-state index contributed by atoms with van der Waals surface area (Å²) in [5, 5.41) is 5.31. The monoisotopic (exact) mass is 227 g/mol. The van der Waals surface area contributed by atoms with Crippen molar-refractivity contribution in [1.82, 2.24) is 9.78 Å². The van der Waals surface area contributed by atoms with E-state index in [-0.39, 0.29) is 0 Å². The molecule has 0 fully saturated rings. The Labute approximate surface area is 98.6 Å². The fourth-order valence-electron chi connectivity index (χ4n) is 2.04. The lowest BCUT2D eigenvalue weighted by Crippen LogP contribution is -2.05. The van der Waals surface area contributed by atoms with E-state index < -0.39 is 0 Å². The highest BCUT2D eigenvalue weighted by molar-refractivity contribution is 5.82. The summed E-state index contributed by atoms with van der Waals surface area (Å²) in [6.07, 6.45) is 1.70. The quantitative estimate of drug-likeness (QED) is 0.732. The molecule has 2 N–H and O–H groups in total. The van der Waals surface area contributed by atoms with Crippen molar-refractivity contribution in [2.45, 2.75) is 13.5 Å². The van der Waals surface area contributed by atoms with Crippen LogP contribution in [0.25, 0.3) is 11.0 Å². The number of benzene rings is 1. The average Bonchev–Trinajstić information content (AvgIpc) is 2.85. The first-order valence-electron chi connectivity index (χ1n) is 5.50. The topological polar surface area (TPSA) is 57.0 Å². The summed E-state index contributed by atoms with van der Waals surface area (Å²) < 4.78 is 7.47. The van der Waals surface area contributed by atoms with Crippen LogP contribution in [0.2, 0.25) is 0 Å². The van der Waals surface area contributed by atoms with Crippen molar-refractivity contribution in [1.29, 1.82) is 0 Å². The Bertz CT molecular complexity index is 666. The first-order valence-corrected chi connectivity index (χ1v) is 5.50. The molecule has 0 aliphatic heterocycles. The molecule has 0 bridgehead atoms. The minimum Gasteiger partial charge on any atom is -0.461 e. The Morgan fingerprint density at radius 1 is 1.29 bits per heavy atom. The maximum absolute atomic E-state index is 5.82. The molecule has 3 aromatic rings. The van der Waals surface area contributed by atoms with Gasteiger partial charge in [-0.3, -0.25) is 0 Å². The van der Waals surface area contributed by atoms with Crippen molar-refractivity contribution in [3.8, 4) is 0 Å². The van der Waals surface area contributed by atoms with Gasteiger partial charge in [0.15, 0.2) is 0 Å². The molecule has 1 aromatic carbocycles. The van der Waals surface area contributed by atoms with E-state index in [2.05, 4.69) is 11.2 Å². The van der Waals surface area contributed by atoms with E-state index in [1.165, 1.54) is 0 Å². The van der Waals surface area contributed by atoms with Gasteiger partial charge in [0, 0.05) is 10.9 Å². The number of hydrogen-bond acceptors (Lipinski definition) is 3. The summed E-state index contributed by atoms with van der Waals surface area (Å²) in [5.41, 5.74) is 7.86. The zero-order valence-corrected chi connectivity index (χ0v) is 9.55. The average molecular weight is 227 g/mol. The van der Waals surface area contributed by atoms with Crippen molar-refractivity contribution in [2.75, 3.05) is 5.73 Å². The summed E-state index contributed by atoms with van der Waals surface area (Å²) in [5.74, 6) is 1.58. The number of aromatic nitrogens is 2. The molecule has 0 atom stereocenters.